The average Bonchev–Trinajstić information content (AvgIpc) is 2.58. The summed E-state index contributed by atoms with van der Waals surface area (Å²) in [6.07, 6.45) is 8.00. The van der Waals surface area contributed by atoms with Crippen LogP contribution in [0.1, 0.15) is 19.3 Å². The minimum absolute atomic E-state index is 0.0568. The highest BCUT2D eigenvalue weighted by molar-refractivity contribution is 5.94. The lowest BCUT2D eigenvalue weighted by Gasteiger charge is -2.17. The molecule has 0 spiro atoms. The fourth-order valence-electron chi connectivity index (χ4n) is 2.81. The lowest BCUT2D eigenvalue weighted by Crippen LogP contribution is -2.37. The van der Waals surface area contributed by atoms with Gasteiger partial charge in [0, 0.05) is 20.0 Å². The molecule has 7 heteroatoms. The van der Waals surface area contributed by atoms with Crippen LogP contribution in [0.2, 0.25) is 0 Å². The fourth-order valence-corrected chi connectivity index (χ4v) is 2.81. The zero-order valence-corrected chi connectivity index (χ0v) is 13.1. The number of allylic oxidation sites excluding steroid dienone is 2. The Balaban J connectivity index is 1.97. The first-order valence-electron chi connectivity index (χ1n) is 7.50. The molecule has 0 saturated carbocycles. The normalized spacial score (nSPS) is 17.4. The van der Waals surface area contributed by atoms with Gasteiger partial charge >= 0.3 is 5.69 Å². The van der Waals surface area contributed by atoms with Gasteiger partial charge in [-0.2, -0.15) is 0 Å². The van der Waals surface area contributed by atoms with Gasteiger partial charge in [-0.3, -0.25) is 18.7 Å². The third-order valence-corrected chi connectivity index (χ3v) is 4.20. The third kappa shape index (κ3) is 2.69. The molecule has 0 aliphatic heterocycles. The first kappa shape index (κ1) is 15.2. The second-order valence-electron chi connectivity index (χ2n) is 5.77. The number of rotatable bonds is 2. The van der Waals surface area contributed by atoms with E-state index in [4.69, 9.17) is 0 Å². The molecule has 1 N–H and O–H groups in total. The molecule has 1 atom stereocenters. The van der Waals surface area contributed by atoms with E-state index in [0.717, 1.165) is 23.8 Å². The van der Waals surface area contributed by atoms with E-state index in [1.54, 1.807) is 13.1 Å². The fraction of sp³-hybridized carbons (Fsp3) is 0.375. The van der Waals surface area contributed by atoms with Crippen LogP contribution in [0.4, 0.5) is 5.69 Å². The Kier molecular flexibility index (Phi) is 3.85. The maximum atomic E-state index is 12.3. The first-order chi connectivity index (χ1) is 11.0. The van der Waals surface area contributed by atoms with Gasteiger partial charge < -0.3 is 5.32 Å². The van der Waals surface area contributed by atoms with Gasteiger partial charge in [0.15, 0.2) is 0 Å². The molecule has 0 radical (unpaired) electrons. The molecule has 0 saturated heterocycles. The topological polar surface area (TPSA) is 86.0 Å². The Morgan fingerprint density at radius 2 is 2.04 bits per heavy atom. The van der Waals surface area contributed by atoms with E-state index in [1.165, 1.54) is 17.8 Å². The van der Waals surface area contributed by atoms with Crippen LogP contribution in [0.3, 0.4) is 0 Å². The first-order valence-corrected chi connectivity index (χ1v) is 7.50. The summed E-state index contributed by atoms with van der Waals surface area (Å²) < 4.78 is 2.34. The molecule has 2 heterocycles. The predicted octanol–water partition coefficient (Wildman–Crippen LogP) is 0.927. The molecule has 0 aromatic carbocycles. The summed E-state index contributed by atoms with van der Waals surface area (Å²) in [5.74, 6) is -0.129. The van der Waals surface area contributed by atoms with E-state index in [0.29, 0.717) is 16.7 Å². The molecule has 2 aromatic rings. The number of pyridine rings is 1. The van der Waals surface area contributed by atoms with Crippen molar-refractivity contribution < 1.29 is 4.79 Å². The van der Waals surface area contributed by atoms with Crippen molar-refractivity contribution in [2.75, 3.05) is 5.32 Å². The number of carbonyl (C=O) groups excluding carboxylic acids is 1. The predicted molar refractivity (Wildman–Crippen MR) is 87.3 cm³/mol. The molecular weight excluding hydrogens is 296 g/mol. The SMILES string of the molecule is Cn1c(=O)c2cc(NC(=O)C3CC=CCC3)cnc2n(C)c1=O. The van der Waals surface area contributed by atoms with Crippen molar-refractivity contribution in [3.05, 3.63) is 45.3 Å². The lowest BCUT2D eigenvalue weighted by atomic mass is 9.93. The maximum absolute atomic E-state index is 12.3. The number of amides is 1. The molecule has 1 unspecified atom stereocenters. The summed E-state index contributed by atoms with van der Waals surface area (Å²) in [5.41, 5.74) is -0.0856. The quantitative estimate of drug-likeness (QED) is 0.835. The third-order valence-electron chi connectivity index (χ3n) is 4.20. The number of nitrogens with zero attached hydrogens (tertiary/aromatic N) is 3. The summed E-state index contributed by atoms with van der Waals surface area (Å²) in [6, 6.07) is 1.57. The monoisotopic (exact) mass is 314 g/mol. The second kappa shape index (κ2) is 5.83. The number of aromatic nitrogens is 3. The average molecular weight is 314 g/mol. The summed E-state index contributed by atoms with van der Waals surface area (Å²) in [6.45, 7) is 0. The van der Waals surface area contributed by atoms with E-state index >= 15 is 0 Å². The smallest absolute Gasteiger partial charge is 0.324 e. The van der Waals surface area contributed by atoms with Crippen LogP contribution < -0.4 is 16.6 Å². The van der Waals surface area contributed by atoms with E-state index in [1.807, 2.05) is 6.08 Å². The van der Waals surface area contributed by atoms with Gasteiger partial charge in [-0.25, -0.2) is 9.78 Å². The van der Waals surface area contributed by atoms with Gasteiger partial charge in [0.05, 0.1) is 17.3 Å². The Morgan fingerprint density at radius 3 is 2.74 bits per heavy atom. The number of hydrogen-bond donors (Lipinski definition) is 1. The van der Waals surface area contributed by atoms with Gasteiger partial charge in [-0.15, -0.1) is 0 Å². The zero-order chi connectivity index (χ0) is 16.6. The van der Waals surface area contributed by atoms with Gasteiger partial charge in [0.25, 0.3) is 5.56 Å². The molecule has 23 heavy (non-hydrogen) atoms. The van der Waals surface area contributed by atoms with Crippen LogP contribution in [0, 0.1) is 5.92 Å². The molecule has 120 valence electrons. The van der Waals surface area contributed by atoms with Crippen molar-refractivity contribution in [3.8, 4) is 0 Å². The van der Waals surface area contributed by atoms with Crippen molar-refractivity contribution in [3.63, 3.8) is 0 Å². The number of anilines is 1. The Bertz CT molecular complexity index is 923. The number of carbonyl (C=O) groups is 1. The Hall–Kier alpha value is -2.70. The number of aryl methyl sites for hydroxylation is 1. The van der Waals surface area contributed by atoms with Crippen molar-refractivity contribution in [1.82, 2.24) is 14.1 Å². The number of nitrogens with one attached hydrogen (secondary N) is 1. The van der Waals surface area contributed by atoms with Crippen molar-refractivity contribution in [2.24, 2.45) is 20.0 Å². The highest BCUT2D eigenvalue weighted by Gasteiger charge is 2.19. The van der Waals surface area contributed by atoms with Crippen molar-refractivity contribution in [2.45, 2.75) is 19.3 Å². The molecule has 1 aliphatic carbocycles. The van der Waals surface area contributed by atoms with Gasteiger partial charge in [-0.05, 0) is 25.3 Å². The van der Waals surface area contributed by atoms with Crippen molar-refractivity contribution >= 4 is 22.6 Å². The van der Waals surface area contributed by atoms with Crippen LogP contribution >= 0.6 is 0 Å². The van der Waals surface area contributed by atoms with Crippen LogP contribution in [0.25, 0.3) is 11.0 Å². The van der Waals surface area contributed by atoms with Crippen molar-refractivity contribution in [1.29, 1.82) is 0 Å². The van der Waals surface area contributed by atoms with Crippen LogP contribution in [0.5, 0.6) is 0 Å². The van der Waals surface area contributed by atoms with E-state index in [9.17, 15) is 14.4 Å². The molecule has 2 aromatic heterocycles. The number of fused-ring (bicyclic) bond motifs is 1. The largest absolute Gasteiger partial charge is 0.332 e. The van der Waals surface area contributed by atoms with Crippen LogP contribution in [0.15, 0.2) is 34.0 Å². The minimum atomic E-state index is -0.430. The summed E-state index contributed by atoms with van der Waals surface area (Å²) in [5, 5.41) is 3.12. The Morgan fingerprint density at radius 1 is 1.26 bits per heavy atom. The molecular formula is C16H18N4O3. The zero-order valence-electron chi connectivity index (χ0n) is 13.1. The van der Waals surface area contributed by atoms with Crippen LogP contribution in [-0.2, 0) is 18.9 Å². The van der Waals surface area contributed by atoms with Gasteiger partial charge in [-0.1, -0.05) is 12.2 Å². The summed E-state index contributed by atoms with van der Waals surface area (Å²) in [4.78, 5) is 40.5. The van der Waals surface area contributed by atoms with E-state index in [-0.39, 0.29) is 11.8 Å². The maximum Gasteiger partial charge on any atom is 0.332 e. The second-order valence-corrected chi connectivity index (χ2v) is 5.77. The molecule has 0 fully saturated rings. The number of hydrogen-bond acceptors (Lipinski definition) is 4. The molecule has 0 bridgehead atoms. The van der Waals surface area contributed by atoms with Gasteiger partial charge in [0.1, 0.15) is 5.65 Å². The molecule has 1 aliphatic rings. The molecule has 3 rings (SSSR count). The van der Waals surface area contributed by atoms with Crippen LogP contribution in [-0.4, -0.2) is 20.0 Å². The summed E-state index contributed by atoms with van der Waals surface area (Å²) >= 11 is 0. The van der Waals surface area contributed by atoms with E-state index < -0.39 is 11.2 Å². The standard InChI is InChI=1S/C16H18N4O3/c1-19-13-12(15(22)20(2)16(19)23)8-11(9-17-13)18-14(21)10-6-4-3-5-7-10/h3-4,8-10H,5-7H2,1-2H3,(H,18,21). The van der Waals surface area contributed by atoms with Gasteiger partial charge in [0.2, 0.25) is 5.91 Å². The Labute approximate surface area is 132 Å². The highest BCUT2D eigenvalue weighted by Crippen LogP contribution is 2.20. The van der Waals surface area contributed by atoms with E-state index in [2.05, 4.69) is 16.4 Å². The molecule has 1 amide bonds. The summed E-state index contributed by atoms with van der Waals surface area (Å²) in [7, 11) is 2.98. The minimum Gasteiger partial charge on any atom is -0.324 e. The lowest BCUT2D eigenvalue weighted by molar-refractivity contribution is -0.120. The molecule has 7 nitrogen and oxygen atoms in total. The highest BCUT2D eigenvalue weighted by atomic mass is 16.2.